The summed E-state index contributed by atoms with van der Waals surface area (Å²) in [4.78, 5) is 11.1. The molecule has 2 unspecified atom stereocenters. The van der Waals surface area contributed by atoms with Gasteiger partial charge in [-0.2, -0.15) is 0 Å². The summed E-state index contributed by atoms with van der Waals surface area (Å²) in [7, 11) is 0. The maximum atomic E-state index is 13.1. The van der Waals surface area contributed by atoms with Crippen molar-refractivity contribution in [2.45, 2.75) is 51.1 Å². The van der Waals surface area contributed by atoms with Gasteiger partial charge in [-0.05, 0) is 48.9 Å². The molecule has 0 heterocycles. The Balaban J connectivity index is 2.01. The highest BCUT2D eigenvalue weighted by Gasteiger charge is 2.24. The van der Waals surface area contributed by atoms with E-state index in [1.54, 1.807) is 6.07 Å². The van der Waals surface area contributed by atoms with Crippen LogP contribution in [-0.4, -0.2) is 23.2 Å². The first kappa shape index (κ1) is 14.0. The van der Waals surface area contributed by atoms with Crippen molar-refractivity contribution in [3.05, 3.63) is 35.1 Å². The van der Waals surface area contributed by atoms with Gasteiger partial charge in [0.1, 0.15) is 11.9 Å². The zero-order valence-electron chi connectivity index (χ0n) is 11.2. The van der Waals surface area contributed by atoms with Gasteiger partial charge in [-0.25, -0.2) is 4.39 Å². The minimum Gasteiger partial charge on any atom is -0.480 e. The molecule has 0 aromatic heterocycles. The number of rotatable bonds is 5. The monoisotopic (exact) mass is 265 g/mol. The smallest absolute Gasteiger partial charge is 0.320 e. The highest BCUT2D eigenvalue weighted by atomic mass is 19.1. The van der Waals surface area contributed by atoms with E-state index in [4.69, 9.17) is 5.11 Å². The van der Waals surface area contributed by atoms with Crippen molar-refractivity contribution in [3.63, 3.8) is 0 Å². The van der Waals surface area contributed by atoms with Gasteiger partial charge < -0.3 is 10.4 Å². The number of benzene rings is 1. The number of carbonyl (C=O) groups is 1. The average Bonchev–Trinajstić information content (AvgIpc) is 2.38. The van der Waals surface area contributed by atoms with E-state index in [9.17, 15) is 9.18 Å². The van der Waals surface area contributed by atoms with Gasteiger partial charge in [0.2, 0.25) is 0 Å². The number of fused-ring (bicyclic) bond motifs is 1. The van der Waals surface area contributed by atoms with Crippen LogP contribution in [0.25, 0.3) is 0 Å². The quantitative estimate of drug-likeness (QED) is 0.860. The summed E-state index contributed by atoms with van der Waals surface area (Å²) in [5.41, 5.74) is 2.19. The largest absolute Gasteiger partial charge is 0.480 e. The molecule has 2 atom stereocenters. The minimum absolute atomic E-state index is 0.172. The van der Waals surface area contributed by atoms with E-state index in [2.05, 4.69) is 5.32 Å². The lowest BCUT2D eigenvalue weighted by molar-refractivity contribution is -0.139. The van der Waals surface area contributed by atoms with Gasteiger partial charge in [0.05, 0.1) is 0 Å². The van der Waals surface area contributed by atoms with Crippen LogP contribution in [0.15, 0.2) is 18.2 Å². The predicted octanol–water partition coefficient (Wildman–Crippen LogP) is 2.53. The molecular weight excluding hydrogens is 245 g/mol. The van der Waals surface area contributed by atoms with Gasteiger partial charge in [-0.15, -0.1) is 0 Å². The predicted molar refractivity (Wildman–Crippen MR) is 71.7 cm³/mol. The molecule has 1 aliphatic carbocycles. The number of carboxylic acid groups (broad SMARTS) is 1. The second kappa shape index (κ2) is 6.15. The molecule has 2 N–H and O–H groups in total. The normalized spacial score (nSPS) is 19.8. The zero-order chi connectivity index (χ0) is 13.8. The molecule has 0 radical (unpaired) electrons. The maximum Gasteiger partial charge on any atom is 0.320 e. The summed E-state index contributed by atoms with van der Waals surface area (Å²) in [6.07, 6.45) is 3.94. The van der Waals surface area contributed by atoms with Crippen molar-refractivity contribution in [1.82, 2.24) is 5.32 Å². The number of nitrogens with one attached hydrogen (secondary N) is 1. The summed E-state index contributed by atoms with van der Waals surface area (Å²) in [6.45, 7) is 1.98. The summed E-state index contributed by atoms with van der Waals surface area (Å²) >= 11 is 0. The van der Waals surface area contributed by atoms with Gasteiger partial charge in [0.15, 0.2) is 0 Å². The highest BCUT2D eigenvalue weighted by molar-refractivity contribution is 5.73. The van der Waals surface area contributed by atoms with E-state index >= 15 is 0 Å². The van der Waals surface area contributed by atoms with Crippen LogP contribution in [0, 0.1) is 5.82 Å². The molecule has 0 saturated carbocycles. The Labute approximate surface area is 112 Å². The number of halogens is 1. The lowest BCUT2D eigenvalue weighted by Gasteiger charge is -2.28. The van der Waals surface area contributed by atoms with Crippen LogP contribution in [0.5, 0.6) is 0 Å². The molecule has 1 aromatic rings. The molecule has 0 aliphatic heterocycles. The van der Waals surface area contributed by atoms with Crippen LogP contribution in [-0.2, 0) is 17.6 Å². The zero-order valence-corrected chi connectivity index (χ0v) is 11.2. The molecule has 2 rings (SSSR count). The second-order valence-corrected chi connectivity index (χ2v) is 5.20. The number of aryl methyl sites for hydroxylation is 1. The van der Waals surface area contributed by atoms with E-state index < -0.39 is 12.0 Å². The molecule has 1 aromatic carbocycles. The van der Waals surface area contributed by atoms with Crippen molar-refractivity contribution >= 4 is 5.97 Å². The lowest BCUT2D eigenvalue weighted by atomic mass is 9.87. The van der Waals surface area contributed by atoms with Crippen LogP contribution in [0.2, 0.25) is 0 Å². The van der Waals surface area contributed by atoms with Gasteiger partial charge in [-0.1, -0.05) is 19.4 Å². The number of hydrogen-bond acceptors (Lipinski definition) is 2. The fourth-order valence-electron chi connectivity index (χ4n) is 2.72. The lowest BCUT2D eigenvalue weighted by Crippen LogP contribution is -2.45. The maximum absolute atomic E-state index is 13.1. The Bertz CT molecular complexity index is 461. The van der Waals surface area contributed by atoms with Crippen molar-refractivity contribution in [3.8, 4) is 0 Å². The standard InChI is InChI=1S/C15H20FNO2/c1-2-3-14(15(18)19)17-13-7-5-10-8-12(16)6-4-11(10)9-13/h4,6,8,13-14,17H,2-3,5,7,9H2,1H3,(H,18,19). The topological polar surface area (TPSA) is 49.3 Å². The third kappa shape index (κ3) is 3.53. The molecule has 0 spiro atoms. The van der Waals surface area contributed by atoms with E-state index in [1.165, 1.54) is 6.07 Å². The Kier molecular flexibility index (Phi) is 4.53. The van der Waals surface area contributed by atoms with Gasteiger partial charge in [0.25, 0.3) is 0 Å². The summed E-state index contributed by atoms with van der Waals surface area (Å²) in [5.74, 6) is -0.980. The van der Waals surface area contributed by atoms with Crippen LogP contribution in [0.4, 0.5) is 4.39 Å². The molecule has 4 heteroatoms. The van der Waals surface area contributed by atoms with Crippen molar-refractivity contribution in [1.29, 1.82) is 0 Å². The van der Waals surface area contributed by atoms with Crippen LogP contribution < -0.4 is 5.32 Å². The van der Waals surface area contributed by atoms with Crippen molar-refractivity contribution in [2.75, 3.05) is 0 Å². The fourth-order valence-corrected chi connectivity index (χ4v) is 2.72. The Hall–Kier alpha value is -1.42. The Morgan fingerprint density at radius 2 is 2.32 bits per heavy atom. The van der Waals surface area contributed by atoms with E-state index in [1.807, 2.05) is 13.0 Å². The molecule has 3 nitrogen and oxygen atoms in total. The number of hydrogen-bond donors (Lipinski definition) is 2. The molecule has 19 heavy (non-hydrogen) atoms. The third-order valence-corrected chi connectivity index (χ3v) is 3.71. The molecule has 104 valence electrons. The average molecular weight is 265 g/mol. The first-order valence-electron chi connectivity index (χ1n) is 6.86. The van der Waals surface area contributed by atoms with E-state index in [-0.39, 0.29) is 11.9 Å². The van der Waals surface area contributed by atoms with Crippen molar-refractivity contribution in [2.24, 2.45) is 0 Å². The van der Waals surface area contributed by atoms with Crippen LogP contribution in [0.1, 0.15) is 37.3 Å². The first-order chi connectivity index (χ1) is 9.10. The van der Waals surface area contributed by atoms with Gasteiger partial charge in [-0.3, -0.25) is 4.79 Å². The molecule has 0 fully saturated rings. The summed E-state index contributed by atoms with van der Waals surface area (Å²) in [6, 6.07) is 4.57. The summed E-state index contributed by atoms with van der Waals surface area (Å²) in [5, 5.41) is 12.4. The minimum atomic E-state index is -0.785. The van der Waals surface area contributed by atoms with Gasteiger partial charge in [0, 0.05) is 6.04 Å². The van der Waals surface area contributed by atoms with Crippen LogP contribution >= 0.6 is 0 Å². The Morgan fingerprint density at radius 3 is 3.00 bits per heavy atom. The Morgan fingerprint density at radius 1 is 1.53 bits per heavy atom. The van der Waals surface area contributed by atoms with E-state index in [0.717, 1.165) is 36.8 Å². The van der Waals surface area contributed by atoms with Crippen LogP contribution in [0.3, 0.4) is 0 Å². The molecular formula is C15H20FNO2. The number of aliphatic carboxylic acids is 1. The molecule has 1 aliphatic rings. The SMILES string of the molecule is CCCC(NC1CCc2cc(F)ccc2C1)C(=O)O. The van der Waals surface area contributed by atoms with Crippen molar-refractivity contribution < 1.29 is 14.3 Å². The second-order valence-electron chi connectivity index (χ2n) is 5.20. The van der Waals surface area contributed by atoms with Gasteiger partial charge >= 0.3 is 5.97 Å². The highest BCUT2D eigenvalue weighted by Crippen LogP contribution is 2.22. The molecule has 0 saturated heterocycles. The fraction of sp³-hybridized carbons (Fsp3) is 0.533. The first-order valence-corrected chi connectivity index (χ1v) is 6.86. The third-order valence-electron chi connectivity index (χ3n) is 3.71. The molecule has 0 amide bonds. The summed E-state index contributed by atoms with van der Waals surface area (Å²) < 4.78 is 13.1. The van der Waals surface area contributed by atoms with E-state index in [0.29, 0.717) is 6.42 Å². The number of carboxylic acids is 1. The molecule has 0 bridgehead atoms.